The molecule has 4 heteroatoms. The lowest BCUT2D eigenvalue weighted by Crippen LogP contribution is -2.27. The highest BCUT2D eigenvalue weighted by atomic mass is 16.5. The van der Waals surface area contributed by atoms with Crippen LogP contribution in [0.25, 0.3) is 0 Å². The van der Waals surface area contributed by atoms with Gasteiger partial charge in [-0.15, -0.1) is 0 Å². The fraction of sp³-hybridized carbons (Fsp3) is 0.350. The van der Waals surface area contributed by atoms with Crippen molar-refractivity contribution in [3.05, 3.63) is 65.2 Å². The molecule has 4 nitrogen and oxygen atoms in total. The second-order valence-electron chi connectivity index (χ2n) is 6.03. The fourth-order valence-corrected chi connectivity index (χ4v) is 2.41. The Balaban J connectivity index is 1.83. The smallest absolute Gasteiger partial charge is 0.224 e. The van der Waals surface area contributed by atoms with Gasteiger partial charge in [0.2, 0.25) is 5.91 Å². The second kappa shape index (κ2) is 9.08. The van der Waals surface area contributed by atoms with Crippen LogP contribution in [0.2, 0.25) is 0 Å². The van der Waals surface area contributed by atoms with Crippen LogP contribution in [-0.2, 0) is 24.2 Å². The predicted octanol–water partition coefficient (Wildman–Crippen LogP) is 2.87. The maximum absolute atomic E-state index is 12.1. The van der Waals surface area contributed by atoms with E-state index in [2.05, 4.69) is 5.32 Å². The Bertz CT molecular complexity index is 650. The third-order valence-electron chi connectivity index (χ3n) is 3.63. The van der Waals surface area contributed by atoms with Gasteiger partial charge >= 0.3 is 0 Å². The molecule has 0 aliphatic rings. The lowest BCUT2D eigenvalue weighted by atomic mass is 10.1. The molecule has 1 amide bonds. The summed E-state index contributed by atoms with van der Waals surface area (Å²) in [6.45, 7) is 4.58. The molecule has 0 atom stereocenters. The quantitative estimate of drug-likeness (QED) is 0.784. The summed E-state index contributed by atoms with van der Waals surface area (Å²) in [5.74, 6) is 0.754. The molecule has 2 aromatic carbocycles. The van der Waals surface area contributed by atoms with Gasteiger partial charge < -0.3 is 15.2 Å². The van der Waals surface area contributed by atoms with Crippen molar-refractivity contribution in [3.63, 3.8) is 0 Å². The minimum absolute atomic E-state index is 0.0122. The molecule has 0 heterocycles. The lowest BCUT2D eigenvalue weighted by molar-refractivity contribution is -0.120. The number of para-hydroxylation sites is 1. The minimum Gasteiger partial charge on any atom is -0.491 e. The van der Waals surface area contributed by atoms with Crippen LogP contribution in [-0.4, -0.2) is 23.7 Å². The van der Waals surface area contributed by atoms with E-state index in [0.29, 0.717) is 13.0 Å². The first-order valence-electron chi connectivity index (χ1n) is 8.28. The molecule has 0 saturated carbocycles. The number of nitrogens with one attached hydrogen (secondary N) is 1. The van der Waals surface area contributed by atoms with Crippen molar-refractivity contribution < 1.29 is 14.6 Å². The topological polar surface area (TPSA) is 58.6 Å². The first-order chi connectivity index (χ1) is 11.6. The van der Waals surface area contributed by atoms with Crippen molar-refractivity contribution in [3.8, 4) is 5.75 Å². The van der Waals surface area contributed by atoms with Crippen molar-refractivity contribution in [1.82, 2.24) is 5.32 Å². The molecule has 0 bridgehead atoms. The normalized spacial score (nSPS) is 10.7. The molecule has 2 aromatic rings. The fourth-order valence-electron chi connectivity index (χ4n) is 2.41. The van der Waals surface area contributed by atoms with Crippen LogP contribution in [0.15, 0.2) is 48.5 Å². The molecule has 2 rings (SSSR count). The highest BCUT2D eigenvalue weighted by Gasteiger charge is 2.09. The Kier molecular flexibility index (Phi) is 6.82. The molecule has 128 valence electrons. The van der Waals surface area contributed by atoms with Crippen LogP contribution >= 0.6 is 0 Å². The maximum Gasteiger partial charge on any atom is 0.224 e. The first kappa shape index (κ1) is 18.0. The lowest BCUT2D eigenvalue weighted by Gasteiger charge is -2.14. The predicted molar refractivity (Wildman–Crippen MR) is 95.0 cm³/mol. The summed E-state index contributed by atoms with van der Waals surface area (Å²) in [7, 11) is 0. The molecular formula is C20H25NO3. The van der Waals surface area contributed by atoms with E-state index in [9.17, 15) is 4.79 Å². The molecule has 0 aliphatic heterocycles. The van der Waals surface area contributed by atoms with Crippen LogP contribution in [0.3, 0.4) is 0 Å². The number of hydrogen-bond acceptors (Lipinski definition) is 3. The van der Waals surface area contributed by atoms with Gasteiger partial charge in [-0.2, -0.15) is 0 Å². The van der Waals surface area contributed by atoms with Gasteiger partial charge in [-0.05, 0) is 37.5 Å². The van der Waals surface area contributed by atoms with E-state index >= 15 is 0 Å². The van der Waals surface area contributed by atoms with E-state index in [1.807, 2.05) is 62.4 Å². The molecule has 0 unspecified atom stereocenters. The second-order valence-corrected chi connectivity index (χ2v) is 6.03. The molecule has 0 fully saturated rings. The number of carbonyl (C=O) groups is 1. The van der Waals surface area contributed by atoms with Crippen LogP contribution in [0, 0.1) is 0 Å². The first-order valence-corrected chi connectivity index (χ1v) is 8.28. The van der Waals surface area contributed by atoms with Gasteiger partial charge in [-0.25, -0.2) is 0 Å². The summed E-state index contributed by atoms with van der Waals surface area (Å²) in [4.78, 5) is 12.1. The Labute approximate surface area is 143 Å². The van der Waals surface area contributed by atoms with E-state index in [1.54, 1.807) is 0 Å². The van der Waals surface area contributed by atoms with Gasteiger partial charge in [0.15, 0.2) is 0 Å². The highest BCUT2D eigenvalue weighted by Crippen LogP contribution is 2.19. The average Bonchev–Trinajstić information content (AvgIpc) is 2.57. The number of amides is 1. The molecule has 24 heavy (non-hydrogen) atoms. The molecule has 2 N–H and O–H groups in total. The summed E-state index contributed by atoms with van der Waals surface area (Å²) in [5, 5.41) is 12.0. The van der Waals surface area contributed by atoms with Crippen LogP contribution in [0.5, 0.6) is 5.75 Å². The van der Waals surface area contributed by atoms with Crippen LogP contribution < -0.4 is 10.1 Å². The van der Waals surface area contributed by atoms with E-state index in [-0.39, 0.29) is 18.6 Å². The monoisotopic (exact) mass is 327 g/mol. The zero-order valence-electron chi connectivity index (χ0n) is 14.3. The molecule has 0 radical (unpaired) electrons. The molecule has 0 spiro atoms. The minimum atomic E-state index is -0.0122. The summed E-state index contributed by atoms with van der Waals surface area (Å²) < 4.78 is 5.74. The Morgan fingerprint density at radius 2 is 1.75 bits per heavy atom. The van der Waals surface area contributed by atoms with Gasteiger partial charge in [-0.1, -0.05) is 42.5 Å². The molecule has 0 saturated heterocycles. The van der Waals surface area contributed by atoms with E-state index < -0.39 is 0 Å². The number of aliphatic hydroxyl groups is 1. The van der Waals surface area contributed by atoms with Crippen molar-refractivity contribution in [2.45, 2.75) is 39.4 Å². The van der Waals surface area contributed by atoms with E-state index in [0.717, 1.165) is 28.9 Å². The third kappa shape index (κ3) is 5.70. The summed E-state index contributed by atoms with van der Waals surface area (Å²) in [6.07, 6.45) is 1.16. The zero-order valence-corrected chi connectivity index (χ0v) is 14.3. The number of benzene rings is 2. The molecule has 0 aromatic heterocycles. The Hall–Kier alpha value is -2.33. The SMILES string of the molecule is CC(C)Oc1ccccc1CC(=O)NCCc1ccc(CO)cc1. The highest BCUT2D eigenvalue weighted by molar-refractivity contribution is 5.79. The zero-order chi connectivity index (χ0) is 17.4. The summed E-state index contributed by atoms with van der Waals surface area (Å²) in [5.41, 5.74) is 2.93. The van der Waals surface area contributed by atoms with Crippen LogP contribution in [0.1, 0.15) is 30.5 Å². The number of ether oxygens (including phenoxy) is 1. The third-order valence-corrected chi connectivity index (χ3v) is 3.63. The number of hydrogen-bond donors (Lipinski definition) is 2. The maximum atomic E-state index is 12.1. The van der Waals surface area contributed by atoms with Crippen molar-refractivity contribution in [1.29, 1.82) is 0 Å². The Morgan fingerprint density at radius 3 is 2.42 bits per heavy atom. The average molecular weight is 327 g/mol. The summed E-state index contributed by atoms with van der Waals surface area (Å²) in [6, 6.07) is 15.4. The van der Waals surface area contributed by atoms with Crippen molar-refractivity contribution >= 4 is 5.91 Å². The largest absolute Gasteiger partial charge is 0.491 e. The van der Waals surface area contributed by atoms with E-state index in [4.69, 9.17) is 9.84 Å². The Morgan fingerprint density at radius 1 is 1.08 bits per heavy atom. The van der Waals surface area contributed by atoms with Crippen molar-refractivity contribution in [2.75, 3.05) is 6.54 Å². The van der Waals surface area contributed by atoms with Gasteiger partial charge in [0.05, 0.1) is 19.1 Å². The van der Waals surface area contributed by atoms with Crippen LogP contribution in [0.4, 0.5) is 0 Å². The number of aliphatic hydroxyl groups excluding tert-OH is 1. The van der Waals surface area contributed by atoms with Gasteiger partial charge in [-0.3, -0.25) is 4.79 Å². The van der Waals surface area contributed by atoms with Gasteiger partial charge in [0, 0.05) is 12.1 Å². The number of rotatable bonds is 8. The number of carbonyl (C=O) groups excluding carboxylic acids is 1. The van der Waals surface area contributed by atoms with Crippen molar-refractivity contribution in [2.24, 2.45) is 0 Å². The van der Waals surface area contributed by atoms with Gasteiger partial charge in [0.1, 0.15) is 5.75 Å². The van der Waals surface area contributed by atoms with E-state index in [1.165, 1.54) is 0 Å². The molecular weight excluding hydrogens is 302 g/mol. The summed E-state index contributed by atoms with van der Waals surface area (Å²) >= 11 is 0. The van der Waals surface area contributed by atoms with Gasteiger partial charge in [0.25, 0.3) is 0 Å². The standard InChI is InChI=1S/C20H25NO3/c1-15(2)24-19-6-4-3-5-18(19)13-20(23)21-12-11-16-7-9-17(14-22)10-8-16/h3-10,15,22H,11-14H2,1-2H3,(H,21,23). The molecule has 0 aliphatic carbocycles.